The van der Waals surface area contributed by atoms with E-state index in [1.54, 1.807) is 6.07 Å². The molecule has 2 aromatic rings. The zero-order chi connectivity index (χ0) is 13.1. The van der Waals surface area contributed by atoms with E-state index in [-0.39, 0.29) is 10.7 Å². The molecule has 0 unspecified atom stereocenters. The molecule has 0 amide bonds. The first kappa shape index (κ1) is 12.5. The van der Waals surface area contributed by atoms with E-state index < -0.39 is 4.92 Å². The zero-order valence-electron chi connectivity index (χ0n) is 9.47. The van der Waals surface area contributed by atoms with Gasteiger partial charge in [-0.15, -0.1) is 0 Å². The largest absolute Gasteiger partial charge is 0.326 e. The van der Waals surface area contributed by atoms with E-state index in [2.05, 4.69) is 0 Å². The van der Waals surface area contributed by atoms with Crippen molar-refractivity contribution in [2.45, 2.75) is 6.54 Å². The molecule has 0 saturated carbocycles. The molecule has 92 valence electrons. The van der Waals surface area contributed by atoms with E-state index in [1.165, 1.54) is 12.1 Å². The second-order valence-corrected chi connectivity index (χ2v) is 4.23. The van der Waals surface area contributed by atoms with Gasteiger partial charge in [-0.2, -0.15) is 0 Å². The molecule has 0 spiro atoms. The fourth-order valence-electron chi connectivity index (χ4n) is 1.67. The van der Waals surface area contributed by atoms with E-state index in [1.807, 2.05) is 24.3 Å². The second kappa shape index (κ2) is 5.16. The molecule has 0 heterocycles. The molecule has 2 rings (SSSR count). The number of nitrogens with zero attached hydrogens (tertiary/aromatic N) is 1. The summed E-state index contributed by atoms with van der Waals surface area (Å²) in [7, 11) is 0. The number of hydrogen-bond donors (Lipinski definition) is 1. The molecule has 2 aromatic carbocycles. The van der Waals surface area contributed by atoms with Crippen LogP contribution in [-0.4, -0.2) is 4.92 Å². The van der Waals surface area contributed by atoms with E-state index in [0.717, 1.165) is 16.7 Å². The Morgan fingerprint density at radius 3 is 2.28 bits per heavy atom. The molecule has 5 heteroatoms. The van der Waals surface area contributed by atoms with Crippen LogP contribution >= 0.6 is 11.6 Å². The van der Waals surface area contributed by atoms with Gasteiger partial charge in [0, 0.05) is 12.6 Å². The van der Waals surface area contributed by atoms with Gasteiger partial charge in [0.25, 0.3) is 5.69 Å². The highest BCUT2D eigenvalue weighted by molar-refractivity contribution is 6.32. The molecule has 4 nitrogen and oxygen atoms in total. The van der Waals surface area contributed by atoms with Gasteiger partial charge in [-0.3, -0.25) is 10.1 Å². The number of halogens is 1. The minimum absolute atomic E-state index is 0.0860. The van der Waals surface area contributed by atoms with E-state index in [4.69, 9.17) is 17.3 Å². The Hall–Kier alpha value is -1.91. The maximum Gasteiger partial charge on any atom is 0.288 e. The molecule has 0 aliphatic carbocycles. The third-order valence-corrected chi connectivity index (χ3v) is 2.99. The third kappa shape index (κ3) is 2.50. The Morgan fingerprint density at radius 2 is 1.72 bits per heavy atom. The molecule has 0 bridgehead atoms. The van der Waals surface area contributed by atoms with Crippen molar-refractivity contribution in [3.8, 4) is 11.1 Å². The average molecular weight is 263 g/mol. The summed E-state index contributed by atoms with van der Waals surface area (Å²) in [5, 5.41) is 11.0. The molecule has 0 atom stereocenters. The van der Waals surface area contributed by atoms with Gasteiger partial charge in [-0.05, 0) is 22.8 Å². The van der Waals surface area contributed by atoms with Crippen LogP contribution in [0.2, 0.25) is 5.02 Å². The van der Waals surface area contributed by atoms with Gasteiger partial charge in [0.05, 0.1) is 4.92 Å². The minimum Gasteiger partial charge on any atom is -0.326 e. The summed E-state index contributed by atoms with van der Waals surface area (Å²) in [6.45, 7) is 0.473. The van der Waals surface area contributed by atoms with Gasteiger partial charge in [0.2, 0.25) is 0 Å². The fraction of sp³-hybridized carbons (Fsp3) is 0.0769. The summed E-state index contributed by atoms with van der Waals surface area (Å²) in [6.07, 6.45) is 0. The fourth-order valence-corrected chi connectivity index (χ4v) is 1.85. The molecule has 0 fully saturated rings. The Bertz CT molecular complexity index is 582. The van der Waals surface area contributed by atoms with Crippen molar-refractivity contribution in [2.75, 3.05) is 0 Å². The maximum atomic E-state index is 10.8. The van der Waals surface area contributed by atoms with Crippen molar-refractivity contribution >= 4 is 17.3 Å². The molecular weight excluding hydrogens is 252 g/mol. The Kier molecular flexibility index (Phi) is 3.60. The van der Waals surface area contributed by atoms with E-state index in [9.17, 15) is 10.1 Å². The lowest BCUT2D eigenvalue weighted by atomic mass is 10.0. The van der Waals surface area contributed by atoms with Crippen LogP contribution in [0.3, 0.4) is 0 Å². The van der Waals surface area contributed by atoms with Crippen molar-refractivity contribution in [2.24, 2.45) is 5.73 Å². The number of hydrogen-bond acceptors (Lipinski definition) is 3. The number of nitro groups is 1. The lowest BCUT2D eigenvalue weighted by molar-refractivity contribution is -0.384. The van der Waals surface area contributed by atoms with Gasteiger partial charge < -0.3 is 5.73 Å². The lowest BCUT2D eigenvalue weighted by Crippen LogP contribution is -1.95. The predicted octanol–water partition coefficient (Wildman–Crippen LogP) is 3.37. The molecule has 0 aliphatic heterocycles. The second-order valence-electron chi connectivity index (χ2n) is 3.82. The highest BCUT2D eigenvalue weighted by Crippen LogP contribution is 2.30. The molecular formula is C13H11ClN2O2. The van der Waals surface area contributed by atoms with Crippen molar-refractivity contribution in [3.05, 3.63) is 63.2 Å². The quantitative estimate of drug-likeness (QED) is 0.681. The molecule has 0 aromatic heterocycles. The molecule has 0 aliphatic rings. The van der Waals surface area contributed by atoms with Gasteiger partial charge in [-0.1, -0.05) is 41.9 Å². The van der Waals surface area contributed by atoms with Crippen molar-refractivity contribution in [3.63, 3.8) is 0 Å². The average Bonchev–Trinajstić information content (AvgIpc) is 2.39. The lowest BCUT2D eigenvalue weighted by Gasteiger charge is -2.04. The number of nitrogens with two attached hydrogens (primary N) is 1. The first-order chi connectivity index (χ1) is 8.61. The van der Waals surface area contributed by atoms with E-state index in [0.29, 0.717) is 6.54 Å². The zero-order valence-corrected chi connectivity index (χ0v) is 10.2. The SMILES string of the molecule is NCc1ccc(-c2ccc(Cl)c([N+](=O)[O-])c2)cc1. The standard InChI is InChI=1S/C13H11ClN2O2/c14-12-6-5-11(7-13(12)16(17)18)10-3-1-9(8-15)2-4-10/h1-7H,8,15H2. The van der Waals surface area contributed by atoms with Gasteiger partial charge >= 0.3 is 0 Å². The molecule has 2 N–H and O–H groups in total. The van der Waals surface area contributed by atoms with Crippen LogP contribution < -0.4 is 5.73 Å². The minimum atomic E-state index is -0.486. The summed E-state index contributed by atoms with van der Waals surface area (Å²) >= 11 is 5.77. The molecule has 0 saturated heterocycles. The highest BCUT2D eigenvalue weighted by atomic mass is 35.5. The topological polar surface area (TPSA) is 69.2 Å². The summed E-state index contributed by atoms with van der Waals surface area (Å²) in [6, 6.07) is 12.3. The Balaban J connectivity index is 2.44. The first-order valence-corrected chi connectivity index (χ1v) is 5.73. The number of rotatable bonds is 3. The van der Waals surface area contributed by atoms with Crippen LogP contribution in [-0.2, 0) is 6.54 Å². The van der Waals surface area contributed by atoms with Crippen molar-refractivity contribution in [1.29, 1.82) is 0 Å². The van der Waals surface area contributed by atoms with Crippen molar-refractivity contribution < 1.29 is 4.92 Å². The van der Waals surface area contributed by atoms with Crippen LogP contribution in [0.1, 0.15) is 5.56 Å². The molecule has 18 heavy (non-hydrogen) atoms. The van der Waals surface area contributed by atoms with Gasteiger partial charge in [-0.25, -0.2) is 0 Å². The highest BCUT2D eigenvalue weighted by Gasteiger charge is 2.13. The normalized spacial score (nSPS) is 10.3. The number of benzene rings is 2. The van der Waals surface area contributed by atoms with Crippen LogP contribution in [0.4, 0.5) is 5.69 Å². The monoisotopic (exact) mass is 262 g/mol. The van der Waals surface area contributed by atoms with Crippen LogP contribution in [0.15, 0.2) is 42.5 Å². The van der Waals surface area contributed by atoms with Crippen LogP contribution in [0.25, 0.3) is 11.1 Å². The smallest absolute Gasteiger partial charge is 0.288 e. The Labute approximate surface area is 109 Å². The summed E-state index contributed by atoms with van der Waals surface area (Å²) in [5.74, 6) is 0. The summed E-state index contributed by atoms with van der Waals surface area (Å²) in [5.41, 5.74) is 8.10. The van der Waals surface area contributed by atoms with Gasteiger partial charge in [0.1, 0.15) is 5.02 Å². The molecule has 0 radical (unpaired) electrons. The summed E-state index contributed by atoms with van der Waals surface area (Å²) in [4.78, 5) is 10.3. The van der Waals surface area contributed by atoms with Crippen LogP contribution in [0.5, 0.6) is 0 Å². The number of nitro benzene ring substituents is 1. The first-order valence-electron chi connectivity index (χ1n) is 5.35. The van der Waals surface area contributed by atoms with E-state index >= 15 is 0 Å². The Morgan fingerprint density at radius 1 is 1.11 bits per heavy atom. The predicted molar refractivity (Wildman–Crippen MR) is 71.4 cm³/mol. The van der Waals surface area contributed by atoms with Crippen molar-refractivity contribution in [1.82, 2.24) is 0 Å². The van der Waals surface area contributed by atoms with Crippen LogP contribution in [0, 0.1) is 10.1 Å². The summed E-state index contributed by atoms with van der Waals surface area (Å²) < 4.78 is 0. The maximum absolute atomic E-state index is 10.8. The third-order valence-electron chi connectivity index (χ3n) is 2.67. The van der Waals surface area contributed by atoms with Gasteiger partial charge in [0.15, 0.2) is 0 Å².